The molecular weight excluding hydrogens is 404 g/mol. The van der Waals surface area contributed by atoms with E-state index in [-0.39, 0.29) is 17.7 Å². The molecule has 6 rings (SSSR count). The van der Waals surface area contributed by atoms with Crippen LogP contribution in [0.2, 0.25) is 0 Å². The van der Waals surface area contributed by atoms with Crippen LogP contribution in [-0.2, 0) is 4.79 Å². The molecule has 162 valence electrons. The smallest absolute Gasteiger partial charge is 0.242 e. The van der Waals surface area contributed by atoms with Crippen LogP contribution in [0.15, 0.2) is 42.5 Å². The van der Waals surface area contributed by atoms with Gasteiger partial charge in [-0.3, -0.25) is 4.79 Å². The van der Waals surface area contributed by atoms with Crippen molar-refractivity contribution in [2.45, 2.75) is 44.1 Å². The fraction of sp³-hybridized carbons (Fsp3) is 0.333. The molecule has 1 saturated heterocycles. The lowest BCUT2D eigenvalue weighted by Crippen LogP contribution is -2.38. The van der Waals surface area contributed by atoms with E-state index in [1.807, 2.05) is 0 Å². The van der Waals surface area contributed by atoms with E-state index in [0.29, 0.717) is 29.9 Å². The van der Waals surface area contributed by atoms with Gasteiger partial charge >= 0.3 is 0 Å². The van der Waals surface area contributed by atoms with Gasteiger partial charge in [-0.15, -0.1) is 5.10 Å². The van der Waals surface area contributed by atoms with Crippen molar-refractivity contribution in [3.8, 4) is 17.1 Å². The predicted molar refractivity (Wildman–Crippen MR) is 122 cm³/mol. The van der Waals surface area contributed by atoms with Crippen LogP contribution in [0.5, 0.6) is 5.75 Å². The van der Waals surface area contributed by atoms with Gasteiger partial charge in [-0.1, -0.05) is 6.07 Å². The number of hydrogen-bond acceptors (Lipinski definition) is 6. The van der Waals surface area contributed by atoms with Gasteiger partial charge in [-0.05, 0) is 80.0 Å². The van der Waals surface area contributed by atoms with Crippen molar-refractivity contribution >= 4 is 28.4 Å². The van der Waals surface area contributed by atoms with Crippen molar-refractivity contribution < 1.29 is 9.90 Å². The highest BCUT2D eigenvalue weighted by Gasteiger charge is 2.26. The first-order valence-electron chi connectivity index (χ1n) is 11.2. The minimum absolute atomic E-state index is 0.0110. The molecule has 3 N–H and O–H groups in total. The summed E-state index contributed by atoms with van der Waals surface area (Å²) in [6, 6.07) is 12.8. The molecule has 4 aromatic rings. The van der Waals surface area contributed by atoms with E-state index in [4.69, 9.17) is 15.1 Å². The number of nitrogens with zero attached hydrogens (tertiary/aromatic N) is 4. The number of rotatable bonds is 4. The van der Waals surface area contributed by atoms with Crippen LogP contribution in [0.25, 0.3) is 27.9 Å². The highest BCUT2D eigenvalue weighted by atomic mass is 16.3. The Morgan fingerprint density at radius 3 is 2.69 bits per heavy atom. The van der Waals surface area contributed by atoms with Crippen LogP contribution in [0.1, 0.15) is 43.6 Å². The molecule has 32 heavy (non-hydrogen) atoms. The first kappa shape index (κ1) is 19.0. The molecule has 1 saturated carbocycles. The lowest BCUT2D eigenvalue weighted by Gasteiger charge is -2.17. The predicted octanol–water partition coefficient (Wildman–Crippen LogP) is 3.61. The Morgan fingerprint density at radius 1 is 1.03 bits per heavy atom. The van der Waals surface area contributed by atoms with E-state index in [2.05, 4.69) is 28.8 Å². The summed E-state index contributed by atoms with van der Waals surface area (Å²) in [4.78, 5) is 22.3. The number of carbonyl (C=O) groups is 1. The van der Waals surface area contributed by atoms with Gasteiger partial charge in [-0.25, -0.2) is 9.97 Å². The Balaban J connectivity index is 1.51. The number of phenolic OH excluding ortho intramolecular Hbond substituents is 1. The average molecular weight is 428 g/mol. The molecule has 2 aliphatic rings. The zero-order chi connectivity index (χ0) is 21.7. The van der Waals surface area contributed by atoms with Crippen molar-refractivity contribution in [2.24, 2.45) is 0 Å². The molecule has 3 heterocycles. The average Bonchev–Trinajstić information content (AvgIpc) is 3.58. The molecule has 1 aliphatic heterocycles. The topological polar surface area (TPSA) is 104 Å². The first-order valence-corrected chi connectivity index (χ1v) is 11.2. The van der Waals surface area contributed by atoms with Crippen LogP contribution in [-0.4, -0.2) is 43.2 Å². The summed E-state index contributed by atoms with van der Waals surface area (Å²) in [5.74, 6) is 1.85. The molecule has 1 aliphatic carbocycles. The minimum atomic E-state index is -0.362. The number of fused-ring (bicyclic) bond motifs is 3. The molecule has 8 heteroatoms. The first-order chi connectivity index (χ1) is 15.7. The Kier molecular flexibility index (Phi) is 4.45. The van der Waals surface area contributed by atoms with Crippen molar-refractivity contribution in [1.29, 1.82) is 0 Å². The van der Waals surface area contributed by atoms with Crippen molar-refractivity contribution in [2.75, 3.05) is 11.9 Å². The molecule has 1 amide bonds. The molecule has 2 aromatic heterocycles. The van der Waals surface area contributed by atoms with Gasteiger partial charge in [-0.2, -0.15) is 4.52 Å². The second-order valence-corrected chi connectivity index (χ2v) is 8.69. The third kappa shape index (κ3) is 3.41. The summed E-state index contributed by atoms with van der Waals surface area (Å²) in [5, 5.41) is 21.6. The number of amides is 1. The summed E-state index contributed by atoms with van der Waals surface area (Å²) >= 11 is 0. The van der Waals surface area contributed by atoms with E-state index >= 15 is 0 Å². The Hall–Kier alpha value is -3.68. The maximum atomic E-state index is 12.6. The molecule has 0 unspecified atom stereocenters. The van der Waals surface area contributed by atoms with Gasteiger partial charge in [0, 0.05) is 17.5 Å². The van der Waals surface area contributed by atoms with Crippen LogP contribution in [0.4, 0.5) is 5.95 Å². The van der Waals surface area contributed by atoms with Crippen LogP contribution in [0.3, 0.4) is 0 Å². The van der Waals surface area contributed by atoms with Crippen molar-refractivity contribution in [1.82, 2.24) is 24.9 Å². The number of carbonyl (C=O) groups excluding carboxylic acids is 1. The normalized spacial score (nSPS) is 19.1. The summed E-state index contributed by atoms with van der Waals surface area (Å²) in [6.45, 7) is 0.705. The third-order valence-corrected chi connectivity index (χ3v) is 6.31. The zero-order valence-corrected chi connectivity index (χ0v) is 17.6. The number of hydrogen-bond donors (Lipinski definition) is 3. The standard InChI is InChI=1S/C24H24N6O2/c31-17-9-6-15(7-10-17)21-28-22-18-11-8-16(14-4-5-14)13-20(18)27-24(30(22)29-21)26-19-3-1-2-12-25-23(19)32/h6-11,13-14,19,31H,1-5,12H2,(H,25,32)(H,26,27)/t19-/m1/s1. The van der Waals surface area contributed by atoms with E-state index in [1.54, 1.807) is 28.8 Å². The second kappa shape index (κ2) is 7.47. The van der Waals surface area contributed by atoms with E-state index in [1.165, 1.54) is 18.4 Å². The summed E-state index contributed by atoms with van der Waals surface area (Å²) in [6.07, 6.45) is 5.13. The SMILES string of the molecule is O=C1NCCCC[C@H]1Nc1nc2cc(C3CC3)ccc2c2nc(-c3ccc(O)cc3)nn12. The molecule has 2 aromatic carbocycles. The van der Waals surface area contributed by atoms with Crippen LogP contribution >= 0.6 is 0 Å². The minimum Gasteiger partial charge on any atom is -0.508 e. The highest BCUT2D eigenvalue weighted by molar-refractivity contribution is 5.94. The largest absolute Gasteiger partial charge is 0.508 e. The number of aromatic hydroxyl groups is 1. The lowest BCUT2D eigenvalue weighted by atomic mass is 10.1. The quantitative estimate of drug-likeness (QED) is 0.459. The summed E-state index contributed by atoms with van der Waals surface area (Å²) in [7, 11) is 0. The molecular formula is C24H24N6O2. The van der Waals surface area contributed by atoms with E-state index in [0.717, 1.165) is 35.7 Å². The number of phenols is 1. The van der Waals surface area contributed by atoms with Crippen molar-refractivity contribution in [3.63, 3.8) is 0 Å². The Bertz CT molecular complexity index is 1330. The van der Waals surface area contributed by atoms with Crippen LogP contribution < -0.4 is 10.6 Å². The van der Waals surface area contributed by atoms with E-state index in [9.17, 15) is 9.90 Å². The second-order valence-electron chi connectivity index (χ2n) is 8.69. The maximum absolute atomic E-state index is 12.6. The lowest BCUT2D eigenvalue weighted by molar-refractivity contribution is -0.121. The Labute approximate surface area is 184 Å². The number of aromatic nitrogens is 4. The molecule has 2 fully saturated rings. The molecule has 0 radical (unpaired) electrons. The van der Waals surface area contributed by atoms with Gasteiger partial charge in [0.1, 0.15) is 11.8 Å². The number of benzene rings is 2. The fourth-order valence-corrected chi connectivity index (χ4v) is 4.36. The number of anilines is 1. The summed E-state index contributed by atoms with van der Waals surface area (Å²) in [5.41, 5.74) is 3.64. The van der Waals surface area contributed by atoms with Crippen LogP contribution in [0, 0.1) is 0 Å². The number of nitrogens with one attached hydrogen (secondary N) is 2. The van der Waals surface area contributed by atoms with Crippen molar-refractivity contribution in [3.05, 3.63) is 48.0 Å². The maximum Gasteiger partial charge on any atom is 0.242 e. The monoisotopic (exact) mass is 428 g/mol. The molecule has 8 nitrogen and oxygen atoms in total. The van der Waals surface area contributed by atoms with E-state index < -0.39 is 0 Å². The Morgan fingerprint density at radius 2 is 1.88 bits per heavy atom. The van der Waals surface area contributed by atoms with Gasteiger partial charge in [0.25, 0.3) is 0 Å². The molecule has 0 spiro atoms. The highest BCUT2D eigenvalue weighted by Crippen LogP contribution is 2.41. The molecule has 1 atom stereocenters. The third-order valence-electron chi connectivity index (χ3n) is 6.31. The summed E-state index contributed by atoms with van der Waals surface area (Å²) < 4.78 is 1.69. The van der Waals surface area contributed by atoms with Gasteiger partial charge in [0.15, 0.2) is 11.5 Å². The van der Waals surface area contributed by atoms with Gasteiger partial charge in [0.05, 0.1) is 5.52 Å². The fourth-order valence-electron chi connectivity index (χ4n) is 4.36. The van der Waals surface area contributed by atoms with Gasteiger partial charge < -0.3 is 15.7 Å². The molecule has 0 bridgehead atoms. The van der Waals surface area contributed by atoms with Gasteiger partial charge in [0.2, 0.25) is 11.9 Å². The zero-order valence-electron chi connectivity index (χ0n) is 17.6.